The highest BCUT2D eigenvalue weighted by Crippen LogP contribution is 2.36. The molecule has 3 heteroatoms. The summed E-state index contributed by atoms with van der Waals surface area (Å²) >= 11 is 0. The van der Waals surface area contributed by atoms with E-state index >= 15 is 0 Å². The van der Waals surface area contributed by atoms with Crippen molar-refractivity contribution in [3.63, 3.8) is 0 Å². The molecule has 1 atom stereocenters. The summed E-state index contributed by atoms with van der Waals surface area (Å²) in [6, 6.07) is 2.77. The molecule has 1 saturated carbocycles. The number of rotatable bonds is 2. The Hall–Kier alpha value is -1.12. The molecule has 0 radical (unpaired) electrons. The minimum Gasteiger partial charge on any atom is -0.380 e. The summed E-state index contributed by atoms with van der Waals surface area (Å²) in [4.78, 5) is 0. The summed E-state index contributed by atoms with van der Waals surface area (Å²) in [5.41, 5.74) is 0.929. The van der Waals surface area contributed by atoms with Crippen LogP contribution in [-0.2, 0) is 0 Å². The number of anilines is 1. The first kappa shape index (κ1) is 13.3. The van der Waals surface area contributed by atoms with Crippen LogP contribution in [0.1, 0.15) is 45.1 Å². The van der Waals surface area contributed by atoms with Gasteiger partial charge in [0.25, 0.3) is 0 Å². The second kappa shape index (κ2) is 4.87. The fourth-order valence-electron chi connectivity index (χ4n) is 2.80. The van der Waals surface area contributed by atoms with E-state index in [1.807, 2.05) is 0 Å². The van der Waals surface area contributed by atoms with Gasteiger partial charge in [0.1, 0.15) is 11.6 Å². The molecule has 1 aromatic carbocycles. The summed E-state index contributed by atoms with van der Waals surface area (Å²) in [7, 11) is 0. The lowest BCUT2D eigenvalue weighted by molar-refractivity contribution is 0.229. The van der Waals surface area contributed by atoms with Gasteiger partial charge in [0.05, 0.1) is 5.69 Å². The molecule has 0 aliphatic heterocycles. The van der Waals surface area contributed by atoms with Gasteiger partial charge in [0, 0.05) is 12.1 Å². The third kappa shape index (κ3) is 3.01. The lowest BCUT2D eigenvalue weighted by Gasteiger charge is -2.36. The van der Waals surface area contributed by atoms with E-state index in [4.69, 9.17) is 0 Å². The molecule has 0 bridgehead atoms. The second-order valence-corrected chi connectivity index (χ2v) is 6.18. The molecule has 2 rings (SSSR count). The molecule has 1 aromatic rings. The van der Waals surface area contributed by atoms with Crippen molar-refractivity contribution in [3.05, 3.63) is 29.3 Å². The molecule has 1 fully saturated rings. The zero-order chi connectivity index (χ0) is 13.3. The van der Waals surface area contributed by atoms with Crippen LogP contribution >= 0.6 is 0 Å². The number of hydrogen-bond acceptors (Lipinski definition) is 1. The summed E-state index contributed by atoms with van der Waals surface area (Å²) in [6.07, 6.45) is 4.37. The van der Waals surface area contributed by atoms with Gasteiger partial charge in [-0.05, 0) is 43.2 Å². The van der Waals surface area contributed by atoms with Crippen molar-refractivity contribution in [2.75, 3.05) is 5.32 Å². The largest absolute Gasteiger partial charge is 0.380 e. The van der Waals surface area contributed by atoms with Crippen molar-refractivity contribution < 1.29 is 8.78 Å². The quantitative estimate of drug-likeness (QED) is 0.808. The number of hydrogen-bond donors (Lipinski definition) is 1. The van der Waals surface area contributed by atoms with Crippen LogP contribution in [0.2, 0.25) is 0 Å². The van der Waals surface area contributed by atoms with E-state index in [9.17, 15) is 8.78 Å². The molecule has 1 nitrogen and oxygen atoms in total. The predicted octanol–water partition coefficient (Wildman–Crippen LogP) is 4.65. The van der Waals surface area contributed by atoms with E-state index in [1.165, 1.54) is 18.6 Å². The number of aryl methyl sites for hydroxylation is 1. The SMILES string of the molecule is Cc1cc(F)c(NC2CCCC(C)(C)C2)cc1F. The summed E-state index contributed by atoms with van der Waals surface area (Å²) in [5, 5.41) is 3.16. The fraction of sp³-hybridized carbons (Fsp3) is 0.600. The molecule has 0 aromatic heterocycles. The minimum atomic E-state index is -0.364. The van der Waals surface area contributed by atoms with Crippen LogP contribution in [-0.4, -0.2) is 6.04 Å². The van der Waals surface area contributed by atoms with Gasteiger partial charge in [-0.2, -0.15) is 0 Å². The van der Waals surface area contributed by atoms with Crippen molar-refractivity contribution in [1.82, 2.24) is 0 Å². The van der Waals surface area contributed by atoms with Gasteiger partial charge in [0.15, 0.2) is 0 Å². The average Bonchev–Trinajstić information content (AvgIpc) is 2.24. The van der Waals surface area contributed by atoms with Crippen LogP contribution in [0.3, 0.4) is 0 Å². The van der Waals surface area contributed by atoms with E-state index in [0.717, 1.165) is 19.3 Å². The summed E-state index contributed by atoms with van der Waals surface area (Å²) < 4.78 is 27.2. The Labute approximate surface area is 108 Å². The standard InChI is InChI=1S/C15H21F2N/c1-10-7-13(17)14(8-12(10)16)18-11-5-4-6-15(2,3)9-11/h7-8,11,18H,4-6,9H2,1-3H3. The van der Waals surface area contributed by atoms with Gasteiger partial charge in [-0.25, -0.2) is 8.78 Å². The molecule has 1 N–H and O–H groups in total. The third-order valence-corrected chi connectivity index (χ3v) is 3.81. The third-order valence-electron chi connectivity index (χ3n) is 3.81. The number of benzene rings is 1. The highest BCUT2D eigenvalue weighted by atomic mass is 19.1. The molecule has 1 aliphatic rings. The zero-order valence-corrected chi connectivity index (χ0v) is 11.3. The molecule has 0 spiro atoms. The van der Waals surface area contributed by atoms with E-state index in [-0.39, 0.29) is 23.1 Å². The Morgan fingerprint density at radius 1 is 1.22 bits per heavy atom. The van der Waals surface area contributed by atoms with Crippen LogP contribution in [0, 0.1) is 24.0 Å². The van der Waals surface area contributed by atoms with Crippen LogP contribution < -0.4 is 5.32 Å². The lowest BCUT2D eigenvalue weighted by Crippen LogP contribution is -2.32. The molecule has 100 valence electrons. The van der Waals surface area contributed by atoms with Crippen molar-refractivity contribution in [2.45, 2.75) is 52.5 Å². The second-order valence-electron chi connectivity index (χ2n) is 6.18. The molecule has 0 saturated heterocycles. The van der Waals surface area contributed by atoms with E-state index in [1.54, 1.807) is 6.92 Å². The topological polar surface area (TPSA) is 12.0 Å². The van der Waals surface area contributed by atoms with Gasteiger partial charge in [-0.15, -0.1) is 0 Å². The Morgan fingerprint density at radius 2 is 1.94 bits per heavy atom. The molecular weight excluding hydrogens is 232 g/mol. The van der Waals surface area contributed by atoms with Crippen molar-refractivity contribution in [1.29, 1.82) is 0 Å². The van der Waals surface area contributed by atoms with E-state index in [0.29, 0.717) is 11.3 Å². The van der Waals surface area contributed by atoms with Gasteiger partial charge in [0.2, 0.25) is 0 Å². The van der Waals surface area contributed by atoms with Crippen molar-refractivity contribution >= 4 is 5.69 Å². The Morgan fingerprint density at radius 3 is 2.61 bits per heavy atom. The van der Waals surface area contributed by atoms with Crippen LogP contribution in [0.25, 0.3) is 0 Å². The lowest BCUT2D eigenvalue weighted by atomic mass is 9.75. The van der Waals surface area contributed by atoms with E-state index < -0.39 is 0 Å². The normalized spacial score (nSPS) is 22.8. The van der Waals surface area contributed by atoms with Crippen molar-refractivity contribution in [3.8, 4) is 0 Å². The zero-order valence-electron chi connectivity index (χ0n) is 11.3. The molecular formula is C15H21F2N. The number of halogens is 2. The maximum Gasteiger partial charge on any atom is 0.146 e. The maximum atomic E-state index is 13.7. The molecule has 1 aliphatic carbocycles. The molecule has 1 unspecified atom stereocenters. The van der Waals surface area contributed by atoms with E-state index in [2.05, 4.69) is 19.2 Å². The first-order valence-electron chi connectivity index (χ1n) is 6.59. The Balaban J connectivity index is 2.12. The average molecular weight is 253 g/mol. The number of nitrogens with one attached hydrogen (secondary N) is 1. The smallest absolute Gasteiger partial charge is 0.146 e. The first-order chi connectivity index (χ1) is 8.37. The molecule has 0 amide bonds. The predicted molar refractivity (Wildman–Crippen MR) is 70.8 cm³/mol. The highest BCUT2D eigenvalue weighted by Gasteiger charge is 2.28. The monoisotopic (exact) mass is 253 g/mol. The van der Waals surface area contributed by atoms with Crippen molar-refractivity contribution in [2.24, 2.45) is 5.41 Å². The van der Waals surface area contributed by atoms with Gasteiger partial charge in [-0.1, -0.05) is 20.3 Å². The van der Waals surface area contributed by atoms with Crippen LogP contribution in [0.4, 0.5) is 14.5 Å². The highest BCUT2D eigenvalue weighted by molar-refractivity contribution is 5.47. The fourth-order valence-corrected chi connectivity index (χ4v) is 2.80. The minimum absolute atomic E-state index is 0.241. The molecule has 18 heavy (non-hydrogen) atoms. The summed E-state index contributed by atoms with van der Waals surface area (Å²) in [6.45, 7) is 6.03. The summed E-state index contributed by atoms with van der Waals surface area (Å²) in [5.74, 6) is -0.716. The maximum absolute atomic E-state index is 13.7. The Kier molecular flexibility index (Phi) is 3.60. The first-order valence-corrected chi connectivity index (χ1v) is 6.59. The van der Waals surface area contributed by atoms with Gasteiger partial charge >= 0.3 is 0 Å². The van der Waals surface area contributed by atoms with Crippen LogP contribution in [0.15, 0.2) is 12.1 Å². The van der Waals surface area contributed by atoms with Gasteiger partial charge < -0.3 is 5.32 Å². The Bertz CT molecular complexity index is 440. The molecule has 0 heterocycles. The van der Waals surface area contributed by atoms with Gasteiger partial charge in [-0.3, -0.25) is 0 Å². The van der Waals surface area contributed by atoms with Crippen LogP contribution in [0.5, 0.6) is 0 Å².